The van der Waals surface area contributed by atoms with E-state index in [-0.39, 0.29) is 0 Å². The van der Waals surface area contributed by atoms with Crippen molar-refractivity contribution >= 4 is 22.9 Å². The fourth-order valence-corrected chi connectivity index (χ4v) is 2.58. The van der Waals surface area contributed by atoms with Crippen LogP contribution in [0.25, 0.3) is 10.6 Å². The summed E-state index contributed by atoms with van der Waals surface area (Å²) in [5.74, 6) is 0.696. The van der Waals surface area contributed by atoms with E-state index in [1.165, 1.54) is 11.1 Å². The van der Waals surface area contributed by atoms with Crippen LogP contribution in [-0.4, -0.2) is 15.8 Å². The van der Waals surface area contributed by atoms with Crippen molar-refractivity contribution in [2.75, 3.05) is 5.88 Å². The number of hydrogen-bond acceptors (Lipinski definition) is 3. The van der Waals surface area contributed by atoms with Gasteiger partial charge in [0.2, 0.25) is 0 Å². The fraction of sp³-hybridized carbons (Fsp3) is 0.333. The monoisotopic (exact) mass is 252 g/mol. The zero-order chi connectivity index (χ0) is 11.4. The molecule has 0 unspecified atom stereocenters. The van der Waals surface area contributed by atoms with Gasteiger partial charge in [0.25, 0.3) is 0 Å². The van der Waals surface area contributed by atoms with Crippen LogP contribution in [0.3, 0.4) is 0 Å². The predicted molar refractivity (Wildman–Crippen MR) is 69.1 cm³/mol. The van der Waals surface area contributed by atoms with Crippen molar-refractivity contribution in [3.8, 4) is 10.6 Å². The highest BCUT2D eigenvalue weighted by Crippen LogP contribution is 2.26. The smallest absolute Gasteiger partial charge is 0.123 e. The summed E-state index contributed by atoms with van der Waals surface area (Å²) in [4.78, 5) is 8.70. The van der Waals surface area contributed by atoms with Gasteiger partial charge in [0.1, 0.15) is 5.01 Å². The van der Waals surface area contributed by atoms with Gasteiger partial charge in [-0.1, -0.05) is 0 Å². The van der Waals surface area contributed by atoms with Crippen LogP contribution >= 0.6 is 22.9 Å². The molecule has 2 aromatic heterocycles. The summed E-state index contributed by atoms with van der Waals surface area (Å²) >= 11 is 7.35. The molecule has 2 rings (SSSR count). The largest absolute Gasteiger partial charge is 0.264 e. The van der Waals surface area contributed by atoms with Crippen molar-refractivity contribution in [2.45, 2.75) is 19.8 Å². The van der Waals surface area contributed by atoms with Crippen molar-refractivity contribution < 1.29 is 0 Å². The SMILES string of the molecule is Cc1cnccc1-c1nc(CCCCl)cs1. The van der Waals surface area contributed by atoms with Crippen LogP contribution in [-0.2, 0) is 6.42 Å². The van der Waals surface area contributed by atoms with Crippen molar-refractivity contribution in [1.29, 1.82) is 0 Å². The molecule has 0 saturated heterocycles. The first-order chi connectivity index (χ1) is 7.81. The topological polar surface area (TPSA) is 25.8 Å². The summed E-state index contributed by atoms with van der Waals surface area (Å²) in [6.07, 6.45) is 5.63. The van der Waals surface area contributed by atoms with Gasteiger partial charge in [-0.05, 0) is 31.4 Å². The zero-order valence-corrected chi connectivity index (χ0v) is 10.7. The molecule has 84 valence electrons. The minimum absolute atomic E-state index is 0.696. The summed E-state index contributed by atoms with van der Waals surface area (Å²) in [6, 6.07) is 2.01. The van der Waals surface area contributed by atoms with Gasteiger partial charge in [-0.25, -0.2) is 4.98 Å². The Morgan fingerprint density at radius 2 is 2.31 bits per heavy atom. The molecule has 0 N–H and O–H groups in total. The molecule has 2 aromatic rings. The molecule has 2 heterocycles. The van der Waals surface area contributed by atoms with Crippen LogP contribution in [0.15, 0.2) is 23.8 Å². The number of alkyl halides is 1. The van der Waals surface area contributed by atoms with E-state index in [4.69, 9.17) is 11.6 Å². The third kappa shape index (κ3) is 2.60. The molecule has 0 bridgehead atoms. The average molecular weight is 253 g/mol. The second-order valence-corrected chi connectivity index (χ2v) is 4.86. The maximum atomic E-state index is 5.67. The number of pyridine rings is 1. The van der Waals surface area contributed by atoms with Crippen molar-refractivity contribution in [1.82, 2.24) is 9.97 Å². The second-order valence-electron chi connectivity index (χ2n) is 3.63. The third-order valence-electron chi connectivity index (χ3n) is 2.37. The molecule has 0 aliphatic carbocycles. The van der Waals surface area contributed by atoms with E-state index < -0.39 is 0 Å². The average Bonchev–Trinajstić information content (AvgIpc) is 2.75. The zero-order valence-electron chi connectivity index (χ0n) is 9.11. The van der Waals surface area contributed by atoms with E-state index >= 15 is 0 Å². The van der Waals surface area contributed by atoms with Gasteiger partial charge in [0, 0.05) is 29.2 Å². The molecule has 16 heavy (non-hydrogen) atoms. The minimum atomic E-state index is 0.696. The summed E-state index contributed by atoms with van der Waals surface area (Å²) in [7, 11) is 0. The number of thiazole rings is 1. The number of aromatic nitrogens is 2. The highest BCUT2D eigenvalue weighted by molar-refractivity contribution is 7.13. The van der Waals surface area contributed by atoms with Gasteiger partial charge in [-0.3, -0.25) is 4.98 Å². The molecule has 0 aliphatic rings. The molecule has 0 fully saturated rings. The first-order valence-corrected chi connectivity index (χ1v) is 6.64. The molecule has 0 aromatic carbocycles. The van der Waals surface area contributed by atoms with Crippen LogP contribution in [0.2, 0.25) is 0 Å². The Balaban J connectivity index is 2.22. The predicted octanol–water partition coefficient (Wildman–Crippen LogP) is 3.68. The lowest BCUT2D eigenvalue weighted by Gasteiger charge is -1.99. The van der Waals surface area contributed by atoms with E-state index in [2.05, 4.69) is 22.3 Å². The second kappa shape index (κ2) is 5.41. The van der Waals surface area contributed by atoms with E-state index in [1.54, 1.807) is 11.3 Å². The fourth-order valence-electron chi connectivity index (χ4n) is 1.51. The van der Waals surface area contributed by atoms with Gasteiger partial charge in [-0.2, -0.15) is 0 Å². The Bertz CT molecular complexity index is 468. The van der Waals surface area contributed by atoms with Crippen LogP contribution in [0.1, 0.15) is 17.7 Å². The normalized spacial score (nSPS) is 10.6. The van der Waals surface area contributed by atoms with E-state index in [9.17, 15) is 0 Å². The van der Waals surface area contributed by atoms with Gasteiger partial charge in [0.15, 0.2) is 0 Å². The van der Waals surface area contributed by atoms with Gasteiger partial charge in [0.05, 0.1) is 5.69 Å². The van der Waals surface area contributed by atoms with Gasteiger partial charge in [-0.15, -0.1) is 22.9 Å². The Labute approximate surface area is 104 Å². The minimum Gasteiger partial charge on any atom is -0.264 e. The van der Waals surface area contributed by atoms with Crippen molar-refractivity contribution in [3.05, 3.63) is 35.1 Å². The molecule has 0 spiro atoms. The summed E-state index contributed by atoms with van der Waals surface area (Å²) in [6.45, 7) is 2.06. The van der Waals surface area contributed by atoms with Crippen LogP contribution in [0.5, 0.6) is 0 Å². The molecule has 0 saturated carbocycles. The Kier molecular flexibility index (Phi) is 3.91. The van der Waals surface area contributed by atoms with E-state index in [1.807, 2.05) is 18.5 Å². The number of halogens is 1. The lowest BCUT2D eigenvalue weighted by atomic mass is 10.2. The molecule has 0 aliphatic heterocycles. The van der Waals surface area contributed by atoms with Crippen LogP contribution < -0.4 is 0 Å². The van der Waals surface area contributed by atoms with E-state index in [0.717, 1.165) is 23.5 Å². The third-order valence-corrected chi connectivity index (χ3v) is 3.56. The number of hydrogen-bond donors (Lipinski definition) is 0. The van der Waals surface area contributed by atoms with Gasteiger partial charge < -0.3 is 0 Å². The Morgan fingerprint density at radius 3 is 3.06 bits per heavy atom. The maximum absolute atomic E-state index is 5.67. The number of nitrogens with zero attached hydrogens (tertiary/aromatic N) is 2. The lowest BCUT2D eigenvalue weighted by molar-refractivity contribution is 0.899. The first kappa shape index (κ1) is 11.6. The van der Waals surface area contributed by atoms with Crippen molar-refractivity contribution in [3.63, 3.8) is 0 Å². The highest BCUT2D eigenvalue weighted by atomic mass is 35.5. The molecule has 0 radical (unpaired) electrons. The van der Waals surface area contributed by atoms with Crippen LogP contribution in [0, 0.1) is 6.92 Å². The molecular weight excluding hydrogens is 240 g/mol. The Hall–Kier alpha value is -0.930. The van der Waals surface area contributed by atoms with Crippen molar-refractivity contribution in [2.24, 2.45) is 0 Å². The van der Waals surface area contributed by atoms with Crippen LogP contribution in [0.4, 0.5) is 0 Å². The molecular formula is C12H13ClN2S. The summed E-state index contributed by atoms with van der Waals surface area (Å²) < 4.78 is 0. The molecule has 4 heteroatoms. The molecule has 2 nitrogen and oxygen atoms in total. The molecule has 0 atom stereocenters. The Morgan fingerprint density at radius 1 is 1.44 bits per heavy atom. The highest BCUT2D eigenvalue weighted by Gasteiger charge is 2.06. The summed E-state index contributed by atoms with van der Waals surface area (Å²) in [5, 5.41) is 3.19. The standard InChI is InChI=1S/C12H13ClN2S/c1-9-7-14-6-4-11(9)12-15-10(8-16-12)3-2-5-13/h4,6-8H,2-3,5H2,1H3. The van der Waals surface area contributed by atoms with Gasteiger partial charge >= 0.3 is 0 Å². The van der Waals surface area contributed by atoms with E-state index in [0.29, 0.717) is 5.88 Å². The lowest BCUT2D eigenvalue weighted by Crippen LogP contribution is -1.88. The quantitative estimate of drug-likeness (QED) is 0.776. The first-order valence-electron chi connectivity index (χ1n) is 5.22. The number of aryl methyl sites for hydroxylation is 2. The summed E-state index contributed by atoms with van der Waals surface area (Å²) in [5.41, 5.74) is 3.48. The maximum Gasteiger partial charge on any atom is 0.123 e. The molecule has 0 amide bonds. The number of rotatable bonds is 4.